The van der Waals surface area contributed by atoms with Gasteiger partial charge in [-0.05, 0) is 36.5 Å². The van der Waals surface area contributed by atoms with E-state index in [-0.39, 0.29) is 11.7 Å². The van der Waals surface area contributed by atoms with Crippen LogP contribution in [-0.4, -0.2) is 30.5 Å². The third-order valence-corrected chi connectivity index (χ3v) is 4.46. The Hall–Kier alpha value is -2.36. The van der Waals surface area contributed by atoms with E-state index in [1.54, 1.807) is 18.2 Å². The Morgan fingerprint density at radius 1 is 1.12 bits per heavy atom. The summed E-state index contributed by atoms with van der Waals surface area (Å²) < 4.78 is 19.0. The highest BCUT2D eigenvalue weighted by Crippen LogP contribution is 2.22. The van der Waals surface area contributed by atoms with Crippen molar-refractivity contribution in [1.29, 1.82) is 0 Å². The van der Waals surface area contributed by atoms with E-state index in [9.17, 15) is 9.18 Å². The first-order valence-corrected chi connectivity index (χ1v) is 8.41. The van der Waals surface area contributed by atoms with Gasteiger partial charge >= 0.3 is 0 Å². The molecular formula is C20H22FNO2. The van der Waals surface area contributed by atoms with Crippen LogP contribution in [0.5, 0.6) is 5.75 Å². The number of para-hydroxylation sites is 1. The van der Waals surface area contributed by atoms with Crippen LogP contribution in [0.1, 0.15) is 18.4 Å². The molecule has 126 valence electrons. The van der Waals surface area contributed by atoms with Gasteiger partial charge in [-0.1, -0.05) is 42.5 Å². The third-order valence-electron chi connectivity index (χ3n) is 4.46. The Balaban J connectivity index is 1.42. The lowest BCUT2D eigenvalue weighted by molar-refractivity contribution is -0.129. The first kappa shape index (κ1) is 16.5. The Morgan fingerprint density at radius 2 is 1.88 bits per heavy atom. The molecule has 1 amide bonds. The van der Waals surface area contributed by atoms with Crippen molar-refractivity contribution in [2.75, 3.05) is 19.7 Å². The Morgan fingerprint density at radius 3 is 2.67 bits per heavy atom. The number of amides is 1. The summed E-state index contributed by atoms with van der Waals surface area (Å²) in [5.41, 5.74) is 1.05. The average molecular weight is 327 g/mol. The zero-order chi connectivity index (χ0) is 16.8. The van der Waals surface area contributed by atoms with E-state index in [0.29, 0.717) is 24.7 Å². The smallest absolute Gasteiger partial charge is 0.226 e. The number of hydrogen-bond donors (Lipinski definition) is 0. The van der Waals surface area contributed by atoms with Crippen LogP contribution in [0, 0.1) is 11.7 Å². The van der Waals surface area contributed by atoms with Crippen LogP contribution < -0.4 is 4.74 Å². The van der Waals surface area contributed by atoms with Gasteiger partial charge in [0.05, 0.1) is 13.0 Å². The second-order valence-electron chi connectivity index (χ2n) is 6.22. The molecule has 24 heavy (non-hydrogen) atoms. The summed E-state index contributed by atoms with van der Waals surface area (Å²) in [4.78, 5) is 14.3. The molecular weight excluding hydrogens is 305 g/mol. The van der Waals surface area contributed by atoms with E-state index < -0.39 is 0 Å². The molecule has 4 heteroatoms. The fraction of sp³-hybridized carbons (Fsp3) is 0.350. The first-order chi connectivity index (χ1) is 11.7. The second-order valence-corrected chi connectivity index (χ2v) is 6.22. The van der Waals surface area contributed by atoms with Crippen LogP contribution >= 0.6 is 0 Å². The molecule has 1 aliphatic rings. The number of rotatable bonds is 6. The normalized spacial score (nSPS) is 17.0. The van der Waals surface area contributed by atoms with Crippen molar-refractivity contribution in [2.45, 2.75) is 19.3 Å². The summed E-state index contributed by atoms with van der Waals surface area (Å²) in [5, 5.41) is 0. The third kappa shape index (κ3) is 4.34. The molecule has 0 N–H and O–H groups in total. The molecule has 0 radical (unpaired) electrons. The molecule has 0 bridgehead atoms. The number of hydrogen-bond acceptors (Lipinski definition) is 2. The van der Waals surface area contributed by atoms with Gasteiger partial charge in [0.15, 0.2) is 11.6 Å². The number of halogens is 1. The van der Waals surface area contributed by atoms with Gasteiger partial charge in [-0.15, -0.1) is 0 Å². The second kappa shape index (κ2) is 7.95. The number of ether oxygens (including phenoxy) is 1. The Bertz CT molecular complexity index is 674. The van der Waals surface area contributed by atoms with E-state index >= 15 is 0 Å². The van der Waals surface area contributed by atoms with E-state index in [1.165, 1.54) is 6.07 Å². The van der Waals surface area contributed by atoms with Gasteiger partial charge in [-0.25, -0.2) is 4.39 Å². The van der Waals surface area contributed by atoms with Gasteiger partial charge in [0.2, 0.25) is 5.91 Å². The van der Waals surface area contributed by atoms with E-state index in [4.69, 9.17) is 4.74 Å². The summed E-state index contributed by atoms with van der Waals surface area (Å²) in [6.45, 7) is 2.05. The van der Waals surface area contributed by atoms with Gasteiger partial charge in [0, 0.05) is 13.1 Å². The molecule has 1 saturated heterocycles. The maximum absolute atomic E-state index is 13.5. The SMILES string of the molecule is O=C(Cc1ccccc1)N1CCC(CCOc2ccccc2F)C1. The number of benzene rings is 2. The van der Waals surface area contributed by atoms with Gasteiger partial charge in [0.1, 0.15) is 0 Å². The molecule has 3 nitrogen and oxygen atoms in total. The summed E-state index contributed by atoms with van der Waals surface area (Å²) in [6.07, 6.45) is 2.28. The van der Waals surface area contributed by atoms with Crippen molar-refractivity contribution in [1.82, 2.24) is 4.90 Å². The molecule has 1 heterocycles. The van der Waals surface area contributed by atoms with Crippen molar-refractivity contribution in [3.05, 3.63) is 66.0 Å². The standard InChI is InChI=1S/C20H22FNO2/c21-18-8-4-5-9-19(18)24-13-11-17-10-12-22(15-17)20(23)14-16-6-2-1-3-7-16/h1-9,17H,10-15H2. The van der Waals surface area contributed by atoms with E-state index in [1.807, 2.05) is 35.2 Å². The summed E-state index contributed by atoms with van der Waals surface area (Å²) in [5.74, 6) is 0.575. The molecule has 2 aromatic carbocycles. The predicted molar refractivity (Wildman–Crippen MR) is 91.3 cm³/mol. The Kier molecular flexibility index (Phi) is 5.47. The molecule has 1 fully saturated rings. The quantitative estimate of drug-likeness (QED) is 0.810. The Labute approximate surface area is 142 Å². The first-order valence-electron chi connectivity index (χ1n) is 8.41. The zero-order valence-electron chi connectivity index (χ0n) is 13.7. The highest BCUT2D eigenvalue weighted by Gasteiger charge is 2.26. The summed E-state index contributed by atoms with van der Waals surface area (Å²) >= 11 is 0. The fourth-order valence-corrected chi connectivity index (χ4v) is 3.07. The van der Waals surface area contributed by atoms with Crippen molar-refractivity contribution < 1.29 is 13.9 Å². The molecule has 1 aliphatic heterocycles. The summed E-state index contributed by atoms with van der Waals surface area (Å²) in [6, 6.07) is 16.3. The number of nitrogens with zero attached hydrogens (tertiary/aromatic N) is 1. The maximum atomic E-state index is 13.5. The van der Waals surface area contributed by atoms with E-state index in [0.717, 1.165) is 31.5 Å². The average Bonchev–Trinajstić information content (AvgIpc) is 3.07. The van der Waals surface area contributed by atoms with Crippen molar-refractivity contribution in [3.63, 3.8) is 0 Å². The van der Waals surface area contributed by atoms with Gasteiger partial charge < -0.3 is 9.64 Å². The minimum Gasteiger partial charge on any atom is -0.491 e. The minimum atomic E-state index is -0.330. The lowest BCUT2D eigenvalue weighted by Gasteiger charge is -2.17. The van der Waals surface area contributed by atoms with Crippen LogP contribution in [0.2, 0.25) is 0 Å². The van der Waals surface area contributed by atoms with Crippen LogP contribution in [0.3, 0.4) is 0 Å². The van der Waals surface area contributed by atoms with Crippen molar-refractivity contribution in [2.24, 2.45) is 5.92 Å². The predicted octanol–water partition coefficient (Wildman–Crippen LogP) is 3.69. The minimum absolute atomic E-state index is 0.179. The molecule has 0 spiro atoms. The molecule has 0 saturated carbocycles. The molecule has 3 rings (SSSR count). The summed E-state index contributed by atoms with van der Waals surface area (Å²) in [7, 11) is 0. The van der Waals surface area contributed by atoms with Gasteiger partial charge in [-0.2, -0.15) is 0 Å². The number of carbonyl (C=O) groups is 1. The van der Waals surface area contributed by atoms with Crippen molar-refractivity contribution >= 4 is 5.91 Å². The molecule has 1 unspecified atom stereocenters. The molecule has 0 aromatic heterocycles. The van der Waals surface area contributed by atoms with E-state index in [2.05, 4.69) is 0 Å². The van der Waals surface area contributed by atoms with Crippen molar-refractivity contribution in [3.8, 4) is 5.75 Å². The van der Waals surface area contributed by atoms with Crippen LogP contribution in [0.15, 0.2) is 54.6 Å². The van der Waals surface area contributed by atoms with Crippen LogP contribution in [0.4, 0.5) is 4.39 Å². The number of carbonyl (C=O) groups excluding carboxylic acids is 1. The lowest BCUT2D eigenvalue weighted by atomic mass is 10.1. The van der Waals surface area contributed by atoms with Crippen LogP contribution in [0.25, 0.3) is 0 Å². The molecule has 0 aliphatic carbocycles. The fourth-order valence-electron chi connectivity index (χ4n) is 3.07. The van der Waals surface area contributed by atoms with Gasteiger partial charge in [0.25, 0.3) is 0 Å². The largest absolute Gasteiger partial charge is 0.491 e. The number of likely N-dealkylation sites (tertiary alicyclic amines) is 1. The highest BCUT2D eigenvalue weighted by atomic mass is 19.1. The molecule has 1 atom stereocenters. The monoisotopic (exact) mass is 327 g/mol. The van der Waals surface area contributed by atoms with Crippen LogP contribution in [-0.2, 0) is 11.2 Å². The molecule has 2 aromatic rings. The highest BCUT2D eigenvalue weighted by molar-refractivity contribution is 5.79. The lowest BCUT2D eigenvalue weighted by Crippen LogP contribution is -2.30. The topological polar surface area (TPSA) is 29.5 Å². The van der Waals surface area contributed by atoms with Gasteiger partial charge in [-0.3, -0.25) is 4.79 Å². The zero-order valence-corrected chi connectivity index (χ0v) is 13.7. The maximum Gasteiger partial charge on any atom is 0.226 e.